The van der Waals surface area contributed by atoms with Crippen LogP contribution in [-0.2, 0) is 17.8 Å². The third kappa shape index (κ3) is 3.62. The molecule has 3 rings (SSSR count). The summed E-state index contributed by atoms with van der Waals surface area (Å²) in [5.74, 6) is 0.630. The van der Waals surface area contributed by atoms with Crippen molar-refractivity contribution in [1.29, 1.82) is 0 Å². The molecule has 0 fully saturated rings. The number of hydrogen-bond acceptors (Lipinski definition) is 4. The fourth-order valence-corrected chi connectivity index (χ4v) is 3.08. The van der Waals surface area contributed by atoms with Gasteiger partial charge in [-0.25, -0.2) is 0 Å². The van der Waals surface area contributed by atoms with Gasteiger partial charge in [-0.3, -0.25) is 4.79 Å². The highest BCUT2D eigenvalue weighted by molar-refractivity contribution is 5.75. The lowest BCUT2D eigenvalue weighted by molar-refractivity contribution is -0.119. The van der Waals surface area contributed by atoms with E-state index in [9.17, 15) is 4.79 Å². The van der Waals surface area contributed by atoms with Crippen LogP contribution in [0.1, 0.15) is 17.5 Å². The van der Waals surface area contributed by atoms with Crippen molar-refractivity contribution in [2.45, 2.75) is 19.4 Å². The van der Waals surface area contributed by atoms with Crippen molar-refractivity contribution in [3.8, 4) is 11.5 Å². The number of anilines is 1. The number of hydrogen-bond donors (Lipinski definition) is 1. The van der Waals surface area contributed by atoms with Crippen LogP contribution >= 0.6 is 0 Å². The van der Waals surface area contributed by atoms with E-state index in [4.69, 9.17) is 15.2 Å². The summed E-state index contributed by atoms with van der Waals surface area (Å²) in [5.41, 5.74) is 8.95. The number of carbonyl (C=O) groups excluding carboxylic acids is 1. The van der Waals surface area contributed by atoms with Gasteiger partial charge in [-0.1, -0.05) is 24.3 Å². The lowest BCUT2D eigenvalue weighted by Gasteiger charge is -2.31. The van der Waals surface area contributed by atoms with E-state index in [-0.39, 0.29) is 6.61 Å². The molecule has 0 aromatic heterocycles. The number of rotatable bonds is 6. The summed E-state index contributed by atoms with van der Waals surface area (Å²) in [6, 6.07) is 14.3. The van der Waals surface area contributed by atoms with Gasteiger partial charge in [-0.2, -0.15) is 0 Å². The van der Waals surface area contributed by atoms with Gasteiger partial charge >= 0.3 is 0 Å². The second-order valence-electron chi connectivity index (χ2n) is 5.89. The standard InChI is InChI=1S/C19H22N2O3/c1-23-17-9-8-14(11-18(17)24-13-19(20)22)12-21-10-4-6-15-5-2-3-7-16(15)21/h2-3,5,7-9,11H,4,6,10,12-13H2,1H3,(H2,20,22). The smallest absolute Gasteiger partial charge is 0.255 e. The number of nitrogens with zero attached hydrogens (tertiary/aromatic N) is 1. The fourth-order valence-electron chi connectivity index (χ4n) is 3.08. The summed E-state index contributed by atoms with van der Waals surface area (Å²) < 4.78 is 10.8. The van der Waals surface area contributed by atoms with Crippen LogP contribution in [0.4, 0.5) is 5.69 Å². The van der Waals surface area contributed by atoms with E-state index in [1.165, 1.54) is 11.3 Å². The predicted molar refractivity (Wildman–Crippen MR) is 93.5 cm³/mol. The third-order valence-electron chi connectivity index (χ3n) is 4.18. The number of ether oxygens (including phenoxy) is 2. The first-order chi connectivity index (χ1) is 11.7. The predicted octanol–water partition coefficient (Wildman–Crippen LogP) is 2.51. The van der Waals surface area contributed by atoms with Crippen molar-refractivity contribution in [1.82, 2.24) is 0 Å². The molecule has 126 valence electrons. The van der Waals surface area contributed by atoms with Crippen LogP contribution in [-0.4, -0.2) is 26.2 Å². The van der Waals surface area contributed by atoms with E-state index in [0.29, 0.717) is 11.5 Å². The molecule has 24 heavy (non-hydrogen) atoms. The molecular formula is C19H22N2O3. The van der Waals surface area contributed by atoms with E-state index in [1.807, 2.05) is 18.2 Å². The number of amides is 1. The monoisotopic (exact) mass is 326 g/mol. The maximum Gasteiger partial charge on any atom is 0.255 e. The molecule has 2 aromatic rings. The zero-order chi connectivity index (χ0) is 16.9. The topological polar surface area (TPSA) is 64.8 Å². The first kappa shape index (κ1) is 16.2. The van der Waals surface area contributed by atoms with Gasteiger partial charge in [0.05, 0.1) is 7.11 Å². The number of nitrogens with two attached hydrogens (primary N) is 1. The minimum atomic E-state index is -0.507. The largest absolute Gasteiger partial charge is 0.493 e. The Kier molecular flexibility index (Phi) is 4.89. The van der Waals surface area contributed by atoms with Gasteiger partial charge in [0.2, 0.25) is 0 Å². The van der Waals surface area contributed by atoms with Crippen molar-refractivity contribution in [3.05, 3.63) is 53.6 Å². The van der Waals surface area contributed by atoms with Gasteiger partial charge in [0.1, 0.15) is 0 Å². The SMILES string of the molecule is COc1ccc(CN2CCCc3ccccc32)cc1OCC(N)=O. The first-order valence-electron chi connectivity index (χ1n) is 8.08. The van der Waals surface area contributed by atoms with Crippen molar-refractivity contribution in [3.63, 3.8) is 0 Å². The average molecular weight is 326 g/mol. The molecule has 0 unspecified atom stereocenters. The number of methoxy groups -OCH3 is 1. The molecule has 0 aliphatic carbocycles. The molecule has 0 saturated heterocycles. The van der Waals surface area contributed by atoms with Gasteiger partial charge in [-0.15, -0.1) is 0 Å². The summed E-state index contributed by atoms with van der Waals surface area (Å²) in [6.45, 7) is 1.65. The van der Waals surface area contributed by atoms with E-state index in [2.05, 4.69) is 29.2 Å². The Morgan fingerprint density at radius 2 is 2.04 bits per heavy atom. The molecule has 0 radical (unpaired) electrons. The van der Waals surface area contributed by atoms with Crippen molar-refractivity contribution in [2.24, 2.45) is 5.73 Å². The Morgan fingerprint density at radius 3 is 2.83 bits per heavy atom. The third-order valence-corrected chi connectivity index (χ3v) is 4.18. The van der Waals surface area contributed by atoms with E-state index in [0.717, 1.165) is 31.5 Å². The van der Waals surface area contributed by atoms with E-state index >= 15 is 0 Å². The lowest BCUT2D eigenvalue weighted by Crippen LogP contribution is -2.28. The van der Waals surface area contributed by atoms with Gasteiger partial charge in [-0.05, 0) is 42.2 Å². The minimum Gasteiger partial charge on any atom is -0.493 e. The van der Waals surface area contributed by atoms with Crippen molar-refractivity contribution in [2.75, 3.05) is 25.2 Å². The number of benzene rings is 2. The van der Waals surface area contributed by atoms with Crippen LogP contribution in [0.5, 0.6) is 11.5 Å². The molecule has 1 amide bonds. The van der Waals surface area contributed by atoms with Crippen molar-refractivity contribution < 1.29 is 14.3 Å². The Bertz CT molecular complexity index is 730. The number of fused-ring (bicyclic) bond motifs is 1. The Hall–Kier alpha value is -2.69. The number of aryl methyl sites for hydroxylation is 1. The van der Waals surface area contributed by atoms with Gasteiger partial charge in [0, 0.05) is 18.8 Å². The molecule has 5 nitrogen and oxygen atoms in total. The highest BCUT2D eigenvalue weighted by Gasteiger charge is 2.17. The summed E-state index contributed by atoms with van der Waals surface area (Å²) in [6.07, 6.45) is 2.28. The van der Waals surface area contributed by atoms with Gasteiger partial charge < -0.3 is 20.1 Å². The Labute approximate surface area is 142 Å². The molecular weight excluding hydrogens is 304 g/mol. The average Bonchev–Trinajstić information content (AvgIpc) is 2.60. The van der Waals surface area contributed by atoms with Crippen LogP contribution in [0.25, 0.3) is 0 Å². The normalized spacial score (nSPS) is 13.3. The van der Waals surface area contributed by atoms with Crippen LogP contribution in [0.2, 0.25) is 0 Å². The van der Waals surface area contributed by atoms with E-state index in [1.54, 1.807) is 7.11 Å². The van der Waals surface area contributed by atoms with Crippen molar-refractivity contribution >= 4 is 11.6 Å². The zero-order valence-corrected chi connectivity index (χ0v) is 13.8. The summed E-state index contributed by atoms with van der Waals surface area (Å²) >= 11 is 0. The summed E-state index contributed by atoms with van der Waals surface area (Å²) in [4.78, 5) is 13.3. The quantitative estimate of drug-likeness (QED) is 0.886. The second kappa shape index (κ2) is 7.25. The van der Waals surface area contributed by atoms with E-state index < -0.39 is 5.91 Å². The molecule has 2 aromatic carbocycles. The number of para-hydroxylation sites is 1. The minimum absolute atomic E-state index is 0.160. The van der Waals surface area contributed by atoms with Gasteiger partial charge in [0.15, 0.2) is 18.1 Å². The molecule has 1 heterocycles. The Morgan fingerprint density at radius 1 is 1.21 bits per heavy atom. The molecule has 0 saturated carbocycles. The number of carbonyl (C=O) groups is 1. The second-order valence-corrected chi connectivity index (χ2v) is 5.89. The maximum atomic E-state index is 11.0. The van der Waals surface area contributed by atoms with Gasteiger partial charge in [0.25, 0.3) is 5.91 Å². The Balaban J connectivity index is 1.80. The highest BCUT2D eigenvalue weighted by Crippen LogP contribution is 2.31. The van der Waals surface area contributed by atoms with Crippen LogP contribution in [0.15, 0.2) is 42.5 Å². The highest BCUT2D eigenvalue weighted by atomic mass is 16.5. The molecule has 2 N–H and O–H groups in total. The molecule has 0 spiro atoms. The molecule has 1 aliphatic rings. The first-order valence-corrected chi connectivity index (χ1v) is 8.08. The number of primary amides is 1. The zero-order valence-electron chi connectivity index (χ0n) is 13.8. The molecule has 1 aliphatic heterocycles. The van der Waals surface area contributed by atoms with Crippen LogP contribution in [0.3, 0.4) is 0 Å². The molecule has 0 atom stereocenters. The summed E-state index contributed by atoms with van der Waals surface area (Å²) in [5, 5.41) is 0. The molecule has 5 heteroatoms. The molecule has 0 bridgehead atoms. The van der Waals surface area contributed by atoms with Crippen LogP contribution in [0, 0.1) is 0 Å². The summed E-state index contributed by atoms with van der Waals surface area (Å²) in [7, 11) is 1.58. The lowest BCUT2D eigenvalue weighted by atomic mass is 10.0. The fraction of sp³-hybridized carbons (Fsp3) is 0.316. The maximum absolute atomic E-state index is 11.0. The van der Waals surface area contributed by atoms with Crippen LogP contribution < -0.4 is 20.1 Å².